The zero-order valence-corrected chi connectivity index (χ0v) is 18.0. The number of hydrogen-bond donors (Lipinski definition) is 1. The lowest BCUT2D eigenvalue weighted by Gasteiger charge is -2.36. The second kappa shape index (κ2) is 10.2. The summed E-state index contributed by atoms with van der Waals surface area (Å²) in [7, 11) is 1.28. The van der Waals surface area contributed by atoms with Gasteiger partial charge in [-0.1, -0.05) is 6.07 Å². The molecule has 33 heavy (non-hydrogen) atoms. The van der Waals surface area contributed by atoms with Crippen molar-refractivity contribution in [2.24, 2.45) is 0 Å². The van der Waals surface area contributed by atoms with E-state index in [2.05, 4.69) is 5.32 Å². The number of hydrogen-bond acceptors (Lipinski definition) is 3. The number of halogens is 8. The zero-order valence-electron chi connectivity index (χ0n) is 17.2. The Morgan fingerprint density at radius 1 is 1.06 bits per heavy atom. The van der Waals surface area contributed by atoms with Gasteiger partial charge in [0.05, 0.1) is 18.2 Å². The van der Waals surface area contributed by atoms with Crippen LogP contribution in [-0.2, 0) is 18.8 Å². The molecule has 182 valence electrons. The smallest absolute Gasteiger partial charge is 0.416 e. The molecule has 0 saturated carbocycles. The van der Waals surface area contributed by atoms with E-state index in [4.69, 9.17) is 4.74 Å². The van der Waals surface area contributed by atoms with E-state index in [1.54, 1.807) is 0 Å². The van der Waals surface area contributed by atoms with Gasteiger partial charge in [-0.25, -0.2) is 4.39 Å². The molecule has 1 N–H and O–H groups in total. The molecule has 0 aromatic heterocycles. The fourth-order valence-corrected chi connectivity index (χ4v) is 3.56. The summed E-state index contributed by atoms with van der Waals surface area (Å²) in [4.78, 5) is 14.3. The molecule has 3 rings (SSSR count). The average molecular weight is 501 g/mol. The normalized spacial score (nSPS) is 16.8. The monoisotopic (exact) mass is 500 g/mol. The third-order valence-electron chi connectivity index (χ3n) is 5.13. The number of ether oxygens (including phenoxy) is 1. The minimum Gasteiger partial charge on any atom is -0.494 e. The van der Waals surface area contributed by atoms with Crippen LogP contribution < -0.4 is 10.1 Å². The summed E-state index contributed by atoms with van der Waals surface area (Å²) >= 11 is 0. The molecule has 1 fully saturated rings. The van der Waals surface area contributed by atoms with Gasteiger partial charge in [0, 0.05) is 31.2 Å². The van der Waals surface area contributed by atoms with E-state index in [9.17, 15) is 35.5 Å². The van der Waals surface area contributed by atoms with E-state index in [0.717, 1.165) is 0 Å². The van der Waals surface area contributed by atoms with Crippen molar-refractivity contribution < 1.29 is 40.3 Å². The van der Waals surface area contributed by atoms with Gasteiger partial charge in [-0.2, -0.15) is 26.3 Å². The Bertz CT molecular complexity index is 963. The van der Waals surface area contributed by atoms with Gasteiger partial charge in [-0.3, -0.25) is 4.79 Å². The number of nitrogens with zero attached hydrogens (tertiary/aromatic N) is 1. The summed E-state index contributed by atoms with van der Waals surface area (Å²) in [6.07, 6.45) is -9.91. The van der Waals surface area contributed by atoms with Crippen LogP contribution in [0, 0.1) is 5.82 Å². The van der Waals surface area contributed by atoms with Crippen LogP contribution in [0.2, 0.25) is 0 Å². The second-order valence-corrected chi connectivity index (χ2v) is 7.32. The summed E-state index contributed by atoms with van der Waals surface area (Å²) in [5, 5.41) is 3.04. The van der Waals surface area contributed by atoms with Crippen molar-refractivity contribution in [3.05, 3.63) is 64.5 Å². The molecule has 1 aliphatic rings. The SMILES string of the molecule is COc1cc(C[C@@H]2CNCCN2C(=O)c2cc(C(F)(F)F)cc(C(F)(F)F)c2)ccc1F.Cl. The molecule has 0 radical (unpaired) electrons. The van der Waals surface area contributed by atoms with Gasteiger partial charge in [-0.15, -0.1) is 12.4 Å². The molecule has 1 atom stereocenters. The Labute approximate surface area is 191 Å². The highest BCUT2D eigenvalue weighted by molar-refractivity contribution is 5.95. The van der Waals surface area contributed by atoms with Gasteiger partial charge in [0.2, 0.25) is 0 Å². The fraction of sp³-hybridized carbons (Fsp3) is 0.381. The number of carbonyl (C=O) groups excluding carboxylic acids is 1. The van der Waals surface area contributed by atoms with Crippen molar-refractivity contribution >= 4 is 18.3 Å². The van der Waals surface area contributed by atoms with Gasteiger partial charge in [-0.05, 0) is 42.3 Å². The maximum atomic E-state index is 13.7. The molecule has 1 aliphatic heterocycles. The number of piperazine rings is 1. The van der Waals surface area contributed by atoms with E-state index in [-0.39, 0.29) is 43.7 Å². The Morgan fingerprint density at radius 2 is 1.67 bits per heavy atom. The van der Waals surface area contributed by atoms with Gasteiger partial charge in [0.25, 0.3) is 5.91 Å². The minimum absolute atomic E-state index is 0. The van der Waals surface area contributed by atoms with Crippen LogP contribution in [0.1, 0.15) is 27.0 Å². The number of amides is 1. The Kier molecular flexibility index (Phi) is 8.23. The van der Waals surface area contributed by atoms with Crippen LogP contribution in [0.15, 0.2) is 36.4 Å². The van der Waals surface area contributed by atoms with Gasteiger partial charge in [0.15, 0.2) is 11.6 Å². The first-order valence-corrected chi connectivity index (χ1v) is 9.53. The third-order valence-corrected chi connectivity index (χ3v) is 5.13. The number of methoxy groups -OCH3 is 1. The van der Waals surface area contributed by atoms with E-state index >= 15 is 0 Å². The lowest BCUT2D eigenvalue weighted by atomic mass is 9.99. The minimum atomic E-state index is -5.05. The number of alkyl halides is 6. The quantitative estimate of drug-likeness (QED) is 0.604. The maximum absolute atomic E-state index is 13.7. The average Bonchev–Trinajstić information content (AvgIpc) is 2.73. The molecule has 2 aromatic carbocycles. The van der Waals surface area contributed by atoms with Gasteiger partial charge in [0.1, 0.15) is 0 Å². The zero-order chi connectivity index (χ0) is 23.7. The van der Waals surface area contributed by atoms with Crippen molar-refractivity contribution in [2.75, 3.05) is 26.7 Å². The van der Waals surface area contributed by atoms with Crippen LogP contribution >= 0.6 is 12.4 Å². The van der Waals surface area contributed by atoms with E-state index < -0.39 is 46.8 Å². The molecule has 0 spiro atoms. The third kappa shape index (κ3) is 6.29. The largest absolute Gasteiger partial charge is 0.494 e. The van der Waals surface area contributed by atoms with Gasteiger partial charge >= 0.3 is 12.4 Å². The molecule has 4 nitrogen and oxygen atoms in total. The van der Waals surface area contributed by atoms with Crippen molar-refractivity contribution in [3.63, 3.8) is 0 Å². The second-order valence-electron chi connectivity index (χ2n) is 7.32. The first-order chi connectivity index (χ1) is 14.9. The number of benzene rings is 2. The lowest BCUT2D eigenvalue weighted by molar-refractivity contribution is -0.143. The summed E-state index contributed by atoms with van der Waals surface area (Å²) in [6.45, 7) is 0.663. The standard InChI is InChI=1S/C21H19F7N2O2.ClH/c1-32-18-7-12(2-3-17(18)22)6-16-11-29-4-5-30(16)19(31)13-8-14(20(23,24)25)10-15(9-13)21(26,27)28;/h2-3,7-10,16,29H,4-6,11H2,1H3;1H/t16-;/m1./s1. The highest BCUT2D eigenvalue weighted by Crippen LogP contribution is 2.36. The van der Waals surface area contributed by atoms with Crippen LogP contribution in [-0.4, -0.2) is 43.6 Å². The van der Waals surface area contributed by atoms with Crippen molar-refractivity contribution in [1.29, 1.82) is 0 Å². The van der Waals surface area contributed by atoms with E-state index in [0.29, 0.717) is 24.2 Å². The molecule has 2 aromatic rings. The Hall–Kier alpha value is -2.53. The lowest BCUT2D eigenvalue weighted by Crippen LogP contribution is -2.54. The van der Waals surface area contributed by atoms with Crippen LogP contribution in [0.4, 0.5) is 30.7 Å². The molecule has 1 amide bonds. The summed E-state index contributed by atoms with van der Waals surface area (Å²) < 4.78 is 97.6. The summed E-state index contributed by atoms with van der Waals surface area (Å²) in [6, 6.07) is 4.35. The topological polar surface area (TPSA) is 41.6 Å². The summed E-state index contributed by atoms with van der Waals surface area (Å²) in [5.41, 5.74) is -3.21. The number of rotatable bonds is 4. The molecule has 12 heteroatoms. The van der Waals surface area contributed by atoms with Crippen molar-refractivity contribution in [1.82, 2.24) is 10.2 Å². The first kappa shape index (κ1) is 26.7. The maximum Gasteiger partial charge on any atom is 0.416 e. The van der Waals surface area contributed by atoms with E-state index in [1.807, 2.05) is 0 Å². The predicted octanol–water partition coefficient (Wildman–Crippen LogP) is 4.95. The Morgan fingerprint density at radius 3 is 2.21 bits per heavy atom. The van der Waals surface area contributed by atoms with Crippen LogP contribution in [0.25, 0.3) is 0 Å². The number of nitrogens with one attached hydrogen (secondary N) is 1. The molecular weight excluding hydrogens is 481 g/mol. The molecule has 0 unspecified atom stereocenters. The van der Waals surface area contributed by atoms with Crippen LogP contribution in [0.5, 0.6) is 5.75 Å². The van der Waals surface area contributed by atoms with Crippen molar-refractivity contribution in [3.8, 4) is 5.75 Å². The first-order valence-electron chi connectivity index (χ1n) is 9.53. The molecular formula is C21H20ClF7N2O2. The highest BCUT2D eigenvalue weighted by atomic mass is 35.5. The molecule has 1 heterocycles. The fourth-order valence-electron chi connectivity index (χ4n) is 3.56. The number of carbonyl (C=O) groups is 1. The molecule has 0 bridgehead atoms. The van der Waals surface area contributed by atoms with Crippen LogP contribution in [0.3, 0.4) is 0 Å². The molecule has 0 aliphatic carbocycles. The van der Waals surface area contributed by atoms with E-state index in [1.165, 1.54) is 30.2 Å². The summed E-state index contributed by atoms with van der Waals surface area (Å²) in [5.74, 6) is -1.55. The van der Waals surface area contributed by atoms with Crippen molar-refractivity contribution in [2.45, 2.75) is 24.8 Å². The molecule has 1 saturated heterocycles. The predicted molar refractivity (Wildman–Crippen MR) is 108 cm³/mol. The van der Waals surface area contributed by atoms with Gasteiger partial charge < -0.3 is 15.0 Å². The Balaban J connectivity index is 0.00000385. The highest BCUT2D eigenvalue weighted by Gasteiger charge is 2.38.